The van der Waals surface area contributed by atoms with Crippen LogP contribution in [0.4, 0.5) is 5.69 Å². The summed E-state index contributed by atoms with van der Waals surface area (Å²) < 4.78 is 6.98. The Bertz CT molecular complexity index is 602. The lowest BCUT2D eigenvalue weighted by Crippen LogP contribution is -2.49. The lowest BCUT2D eigenvalue weighted by atomic mass is 10.2. The van der Waals surface area contributed by atoms with Gasteiger partial charge in [-0.1, -0.05) is 0 Å². The van der Waals surface area contributed by atoms with Crippen LogP contribution in [0, 0.1) is 0 Å². The van der Waals surface area contributed by atoms with Crippen LogP contribution in [-0.4, -0.2) is 53.6 Å². The summed E-state index contributed by atoms with van der Waals surface area (Å²) in [4.78, 5) is 20.4. The second-order valence-corrected chi connectivity index (χ2v) is 5.30. The van der Waals surface area contributed by atoms with Crippen LogP contribution in [0.2, 0.25) is 0 Å². The highest BCUT2D eigenvalue weighted by molar-refractivity contribution is 5.76. The average Bonchev–Trinajstić information content (AvgIpc) is 3.08. The Morgan fingerprint density at radius 2 is 1.91 bits per heavy atom. The molecule has 2 aromatic rings. The van der Waals surface area contributed by atoms with E-state index in [4.69, 9.17) is 4.74 Å². The third-order valence-electron chi connectivity index (χ3n) is 3.95. The number of aromatic nitrogens is 2. The Morgan fingerprint density at radius 1 is 1.18 bits per heavy atom. The van der Waals surface area contributed by atoms with Crippen molar-refractivity contribution >= 4 is 11.6 Å². The van der Waals surface area contributed by atoms with E-state index in [1.165, 1.54) is 5.69 Å². The van der Waals surface area contributed by atoms with Gasteiger partial charge in [0.15, 0.2) is 0 Å². The van der Waals surface area contributed by atoms with E-state index in [2.05, 4.69) is 22.0 Å². The zero-order chi connectivity index (χ0) is 15.4. The van der Waals surface area contributed by atoms with Crippen LogP contribution in [-0.2, 0) is 11.3 Å². The number of carbonyl (C=O) groups is 1. The summed E-state index contributed by atoms with van der Waals surface area (Å²) in [5.41, 5.74) is 1.17. The van der Waals surface area contributed by atoms with Gasteiger partial charge in [0.05, 0.1) is 13.4 Å². The van der Waals surface area contributed by atoms with Crippen LogP contribution in [0.1, 0.15) is 0 Å². The van der Waals surface area contributed by atoms with E-state index in [9.17, 15) is 4.79 Å². The molecule has 0 spiro atoms. The topological polar surface area (TPSA) is 50.6 Å². The third-order valence-corrected chi connectivity index (χ3v) is 3.95. The molecule has 116 valence electrons. The molecule has 1 aromatic carbocycles. The summed E-state index contributed by atoms with van der Waals surface area (Å²) in [5, 5.41) is 0. The minimum atomic E-state index is 0.146. The first kappa shape index (κ1) is 14.4. The van der Waals surface area contributed by atoms with Crippen molar-refractivity contribution in [3.63, 3.8) is 0 Å². The van der Waals surface area contributed by atoms with Crippen molar-refractivity contribution in [3.8, 4) is 5.75 Å². The average molecular weight is 300 g/mol. The van der Waals surface area contributed by atoms with Crippen molar-refractivity contribution in [1.29, 1.82) is 0 Å². The molecule has 0 atom stereocenters. The largest absolute Gasteiger partial charge is 0.497 e. The Balaban J connectivity index is 1.54. The molecular weight excluding hydrogens is 280 g/mol. The quantitative estimate of drug-likeness (QED) is 0.852. The van der Waals surface area contributed by atoms with E-state index in [0.717, 1.165) is 31.9 Å². The lowest BCUT2D eigenvalue weighted by Gasteiger charge is -2.36. The number of amides is 1. The van der Waals surface area contributed by atoms with Gasteiger partial charge in [-0.2, -0.15) is 0 Å². The first-order chi connectivity index (χ1) is 10.8. The lowest BCUT2D eigenvalue weighted by molar-refractivity contribution is -0.132. The first-order valence-electron chi connectivity index (χ1n) is 7.39. The van der Waals surface area contributed by atoms with Crippen molar-refractivity contribution in [1.82, 2.24) is 14.5 Å². The number of benzene rings is 1. The van der Waals surface area contributed by atoms with Crippen LogP contribution in [0.15, 0.2) is 43.0 Å². The van der Waals surface area contributed by atoms with Crippen LogP contribution >= 0.6 is 0 Å². The summed E-state index contributed by atoms with van der Waals surface area (Å²) in [6.45, 7) is 3.56. The number of hydrogen-bond donors (Lipinski definition) is 0. The van der Waals surface area contributed by atoms with E-state index in [0.29, 0.717) is 6.54 Å². The molecule has 1 amide bonds. The summed E-state index contributed by atoms with van der Waals surface area (Å²) in [6, 6.07) is 8.04. The standard InChI is InChI=1S/C16H20N4O2/c1-22-15-4-2-14(3-5-15)19-8-10-20(11-9-19)16(21)12-18-7-6-17-13-18/h2-7,13H,8-12H2,1H3. The number of piperazine rings is 1. The van der Waals surface area contributed by atoms with Gasteiger partial charge in [-0.3, -0.25) is 4.79 Å². The fraction of sp³-hybridized carbons (Fsp3) is 0.375. The van der Waals surface area contributed by atoms with Crippen molar-refractivity contribution in [2.24, 2.45) is 0 Å². The van der Waals surface area contributed by atoms with Crippen molar-refractivity contribution in [3.05, 3.63) is 43.0 Å². The van der Waals surface area contributed by atoms with Gasteiger partial charge in [-0.05, 0) is 24.3 Å². The van der Waals surface area contributed by atoms with E-state index in [-0.39, 0.29) is 5.91 Å². The van der Waals surface area contributed by atoms with Crippen LogP contribution in [0.25, 0.3) is 0 Å². The van der Waals surface area contributed by atoms with E-state index >= 15 is 0 Å². The zero-order valence-electron chi connectivity index (χ0n) is 12.7. The van der Waals surface area contributed by atoms with Crippen LogP contribution in [0.5, 0.6) is 5.75 Å². The molecule has 2 heterocycles. The van der Waals surface area contributed by atoms with Gasteiger partial charge in [0.1, 0.15) is 12.3 Å². The van der Waals surface area contributed by atoms with E-state index < -0.39 is 0 Å². The number of imidazole rings is 1. The molecule has 3 rings (SSSR count). The second-order valence-electron chi connectivity index (χ2n) is 5.30. The van der Waals surface area contributed by atoms with Crippen LogP contribution < -0.4 is 9.64 Å². The first-order valence-corrected chi connectivity index (χ1v) is 7.39. The number of hydrogen-bond acceptors (Lipinski definition) is 4. The number of carbonyl (C=O) groups excluding carboxylic acids is 1. The molecule has 0 bridgehead atoms. The summed E-state index contributed by atoms with van der Waals surface area (Å²) in [7, 11) is 1.67. The molecule has 1 aliphatic rings. The molecule has 0 N–H and O–H groups in total. The molecule has 6 nitrogen and oxygen atoms in total. The van der Waals surface area contributed by atoms with Crippen molar-refractivity contribution in [2.45, 2.75) is 6.54 Å². The van der Waals surface area contributed by atoms with Crippen molar-refractivity contribution in [2.75, 3.05) is 38.2 Å². The number of nitrogens with zero attached hydrogens (tertiary/aromatic N) is 4. The van der Waals surface area contributed by atoms with Gasteiger partial charge >= 0.3 is 0 Å². The molecule has 0 radical (unpaired) electrons. The molecule has 1 aromatic heterocycles. The molecule has 1 saturated heterocycles. The number of anilines is 1. The number of ether oxygens (including phenoxy) is 1. The van der Waals surface area contributed by atoms with E-state index in [1.807, 2.05) is 23.2 Å². The Morgan fingerprint density at radius 3 is 2.50 bits per heavy atom. The fourth-order valence-corrected chi connectivity index (χ4v) is 2.64. The number of rotatable bonds is 4. The maximum Gasteiger partial charge on any atom is 0.242 e. The molecule has 0 aliphatic carbocycles. The zero-order valence-corrected chi connectivity index (χ0v) is 12.7. The van der Waals surface area contributed by atoms with Gasteiger partial charge < -0.3 is 19.1 Å². The SMILES string of the molecule is COc1ccc(N2CCN(C(=O)Cn3ccnc3)CC2)cc1. The minimum absolute atomic E-state index is 0.146. The second kappa shape index (κ2) is 6.51. The fourth-order valence-electron chi connectivity index (χ4n) is 2.64. The highest BCUT2D eigenvalue weighted by atomic mass is 16.5. The Labute approximate surface area is 129 Å². The maximum atomic E-state index is 12.2. The smallest absolute Gasteiger partial charge is 0.242 e. The molecule has 1 aliphatic heterocycles. The molecule has 22 heavy (non-hydrogen) atoms. The van der Waals surface area contributed by atoms with Crippen LogP contribution in [0.3, 0.4) is 0 Å². The number of methoxy groups -OCH3 is 1. The predicted octanol–water partition coefficient (Wildman–Crippen LogP) is 1.24. The van der Waals surface area contributed by atoms with Gasteiger partial charge in [0.2, 0.25) is 5.91 Å². The van der Waals surface area contributed by atoms with Gasteiger partial charge in [-0.15, -0.1) is 0 Å². The molecular formula is C16H20N4O2. The molecule has 6 heteroatoms. The van der Waals surface area contributed by atoms with E-state index in [1.54, 1.807) is 24.2 Å². The minimum Gasteiger partial charge on any atom is -0.497 e. The molecule has 0 unspecified atom stereocenters. The van der Waals surface area contributed by atoms with Gasteiger partial charge in [-0.25, -0.2) is 4.98 Å². The summed E-state index contributed by atoms with van der Waals surface area (Å²) >= 11 is 0. The molecule has 0 saturated carbocycles. The third kappa shape index (κ3) is 3.21. The maximum absolute atomic E-state index is 12.2. The highest BCUT2D eigenvalue weighted by Gasteiger charge is 2.21. The predicted molar refractivity (Wildman–Crippen MR) is 84.0 cm³/mol. The normalized spacial score (nSPS) is 15.0. The summed E-state index contributed by atoms with van der Waals surface area (Å²) in [6.07, 6.45) is 5.17. The highest BCUT2D eigenvalue weighted by Crippen LogP contribution is 2.20. The summed E-state index contributed by atoms with van der Waals surface area (Å²) in [5.74, 6) is 1.00. The Hall–Kier alpha value is -2.50. The van der Waals surface area contributed by atoms with Crippen molar-refractivity contribution < 1.29 is 9.53 Å². The van der Waals surface area contributed by atoms with Gasteiger partial charge in [0.25, 0.3) is 0 Å². The molecule has 1 fully saturated rings. The van der Waals surface area contributed by atoms with Gasteiger partial charge in [0, 0.05) is 44.3 Å². The Kier molecular flexibility index (Phi) is 4.27. The monoisotopic (exact) mass is 300 g/mol.